The number of ether oxygens (including phenoxy) is 1. The van der Waals surface area contributed by atoms with Crippen molar-refractivity contribution in [1.29, 1.82) is 0 Å². The lowest BCUT2D eigenvalue weighted by Crippen LogP contribution is -2.25. The fourth-order valence-electron chi connectivity index (χ4n) is 1.75. The highest BCUT2D eigenvalue weighted by Crippen LogP contribution is 2.16. The molecule has 0 unspecified atom stereocenters. The molecule has 0 aliphatic carbocycles. The first-order valence-corrected chi connectivity index (χ1v) is 7.72. The Bertz CT molecular complexity index is 639. The van der Waals surface area contributed by atoms with Gasteiger partial charge in [0.2, 0.25) is 10.0 Å². The molecule has 2 aromatic rings. The smallest absolute Gasteiger partial charge is 0.240 e. The Morgan fingerprint density at radius 1 is 1.40 bits per heavy atom. The summed E-state index contributed by atoms with van der Waals surface area (Å²) in [4.78, 5) is 7.26. The van der Waals surface area contributed by atoms with Crippen molar-refractivity contribution >= 4 is 10.0 Å². The average Bonchev–Trinajstić information content (AvgIpc) is 2.97. The minimum absolute atomic E-state index is 0.204. The molecular weight excluding hydrogens is 278 g/mol. The number of benzene rings is 1. The van der Waals surface area contributed by atoms with Crippen LogP contribution >= 0.6 is 0 Å². The molecule has 0 amide bonds. The van der Waals surface area contributed by atoms with Crippen LogP contribution in [0.25, 0.3) is 0 Å². The van der Waals surface area contributed by atoms with E-state index in [1.807, 2.05) is 0 Å². The lowest BCUT2D eigenvalue weighted by molar-refractivity contribution is 0.413. The number of aryl methyl sites for hydroxylation is 1. The largest absolute Gasteiger partial charge is 0.497 e. The maximum Gasteiger partial charge on any atom is 0.240 e. The van der Waals surface area contributed by atoms with Crippen molar-refractivity contribution in [1.82, 2.24) is 14.7 Å². The second kappa shape index (κ2) is 6.53. The quantitative estimate of drug-likeness (QED) is 0.755. The second-order valence-corrected chi connectivity index (χ2v) is 5.98. The summed E-state index contributed by atoms with van der Waals surface area (Å²) in [6.45, 7) is 0.361. The Balaban J connectivity index is 1.90. The summed E-state index contributed by atoms with van der Waals surface area (Å²) in [6, 6.07) is 6.39. The van der Waals surface area contributed by atoms with Crippen LogP contribution in [0.2, 0.25) is 0 Å². The van der Waals surface area contributed by atoms with Crippen LogP contribution in [0.1, 0.15) is 12.2 Å². The molecule has 7 heteroatoms. The Labute approximate surface area is 118 Å². The number of sulfonamides is 1. The molecular formula is C13H17N3O3S. The van der Waals surface area contributed by atoms with Gasteiger partial charge in [-0.2, -0.15) is 0 Å². The molecule has 0 radical (unpaired) electrons. The molecule has 20 heavy (non-hydrogen) atoms. The van der Waals surface area contributed by atoms with E-state index < -0.39 is 10.0 Å². The number of hydrogen-bond donors (Lipinski definition) is 2. The third kappa shape index (κ3) is 3.82. The first kappa shape index (κ1) is 14.5. The van der Waals surface area contributed by atoms with Crippen molar-refractivity contribution in [2.45, 2.75) is 17.7 Å². The number of H-pyrrole nitrogens is 1. The van der Waals surface area contributed by atoms with Gasteiger partial charge in [-0.3, -0.25) is 0 Å². The van der Waals surface area contributed by atoms with Crippen molar-refractivity contribution in [2.24, 2.45) is 0 Å². The summed E-state index contributed by atoms with van der Waals surface area (Å²) in [6.07, 6.45) is 4.80. The molecule has 1 aromatic carbocycles. The molecule has 0 saturated heterocycles. The van der Waals surface area contributed by atoms with Gasteiger partial charge in [0.05, 0.1) is 12.0 Å². The van der Waals surface area contributed by atoms with Gasteiger partial charge >= 0.3 is 0 Å². The van der Waals surface area contributed by atoms with Crippen LogP contribution in [0.15, 0.2) is 41.6 Å². The van der Waals surface area contributed by atoms with Gasteiger partial charge in [0.25, 0.3) is 0 Å². The van der Waals surface area contributed by atoms with Crippen LogP contribution in [0, 0.1) is 0 Å². The first-order valence-electron chi connectivity index (χ1n) is 6.24. The van der Waals surface area contributed by atoms with Gasteiger partial charge < -0.3 is 9.72 Å². The van der Waals surface area contributed by atoms with Crippen molar-refractivity contribution in [3.05, 3.63) is 42.5 Å². The molecule has 0 saturated carbocycles. The van der Waals surface area contributed by atoms with Crippen LogP contribution in [0.3, 0.4) is 0 Å². The van der Waals surface area contributed by atoms with Gasteiger partial charge in [-0.05, 0) is 18.6 Å². The maximum absolute atomic E-state index is 12.1. The first-order chi connectivity index (χ1) is 9.62. The second-order valence-electron chi connectivity index (χ2n) is 4.22. The number of nitrogens with one attached hydrogen (secondary N) is 2. The van der Waals surface area contributed by atoms with Crippen molar-refractivity contribution in [3.63, 3.8) is 0 Å². The van der Waals surface area contributed by atoms with Crippen LogP contribution in [0.4, 0.5) is 0 Å². The SMILES string of the molecule is COc1cccc(S(=O)(=O)NCCCc2ncc[nH]2)c1. The van der Waals surface area contributed by atoms with Gasteiger partial charge in [-0.25, -0.2) is 18.1 Å². The minimum atomic E-state index is -3.49. The lowest BCUT2D eigenvalue weighted by atomic mass is 10.3. The van der Waals surface area contributed by atoms with Gasteiger partial charge in [0.1, 0.15) is 11.6 Å². The Kier molecular flexibility index (Phi) is 4.75. The number of aromatic nitrogens is 2. The Morgan fingerprint density at radius 2 is 2.25 bits per heavy atom. The summed E-state index contributed by atoms with van der Waals surface area (Å²) in [5, 5.41) is 0. The molecule has 0 fully saturated rings. The van der Waals surface area contributed by atoms with E-state index in [1.165, 1.54) is 19.2 Å². The summed E-state index contributed by atoms with van der Waals surface area (Å²) < 4.78 is 31.7. The lowest BCUT2D eigenvalue weighted by Gasteiger charge is -2.07. The van der Waals surface area contributed by atoms with E-state index >= 15 is 0 Å². The van der Waals surface area contributed by atoms with Gasteiger partial charge in [-0.1, -0.05) is 6.07 Å². The van der Waals surface area contributed by atoms with E-state index in [9.17, 15) is 8.42 Å². The van der Waals surface area contributed by atoms with Crippen molar-refractivity contribution < 1.29 is 13.2 Å². The molecule has 0 bridgehead atoms. The number of hydrogen-bond acceptors (Lipinski definition) is 4. The average molecular weight is 295 g/mol. The fourth-order valence-corrected chi connectivity index (χ4v) is 2.86. The highest BCUT2D eigenvalue weighted by molar-refractivity contribution is 7.89. The number of aromatic amines is 1. The van der Waals surface area contributed by atoms with E-state index in [-0.39, 0.29) is 4.90 Å². The zero-order valence-corrected chi connectivity index (χ0v) is 12.0. The molecule has 2 rings (SSSR count). The molecule has 1 heterocycles. The highest BCUT2D eigenvalue weighted by Gasteiger charge is 2.13. The molecule has 1 aromatic heterocycles. The van der Waals surface area contributed by atoms with Crippen LogP contribution in [-0.4, -0.2) is 32.0 Å². The van der Waals surface area contributed by atoms with Crippen LogP contribution < -0.4 is 9.46 Å². The van der Waals surface area contributed by atoms with Gasteiger partial charge in [-0.15, -0.1) is 0 Å². The summed E-state index contributed by atoms with van der Waals surface area (Å²) in [5.74, 6) is 1.37. The highest BCUT2D eigenvalue weighted by atomic mass is 32.2. The number of nitrogens with zero attached hydrogens (tertiary/aromatic N) is 1. The molecule has 0 atom stereocenters. The topological polar surface area (TPSA) is 84.1 Å². The van der Waals surface area contributed by atoms with E-state index in [2.05, 4.69) is 14.7 Å². The minimum Gasteiger partial charge on any atom is -0.497 e. The fraction of sp³-hybridized carbons (Fsp3) is 0.308. The van der Waals surface area contributed by atoms with Gasteiger partial charge in [0.15, 0.2) is 0 Å². The van der Waals surface area contributed by atoms with Crippen molar-refractivity contribution in [2.75, 3.05) is 13.7 Å². The predicted octanol–water partition coefficient (Wildman–Crippen LogP) is 1.33. The molecule has 0 aliphatic heterocycles. The molecule has 0 aliphatic rings. The standard InChI is InChI=1S/C13H17N3O3S/c1-19-11-4-2-5-12(10-11)20(17,18)16-7-3-6-13-14-8-9-15-13/h2,4-5,8-10,16H,3,6-7H2,1H3,(H,14,15). The predicted molar refractivity (Wildman–Crippen MR) is 75.1 cm³/mol. The third-order valence-corrected chi connectivity index (χ3v) is 4.25. The number of rotatable bonds is 7. The molecule has 0 spiro atoms. The number of imidazole rings is 1. The monoisotopic (exact) mass is 295 g/mol. The summed E-state index contributed by atoms with van der Waals surface area (Å²) in [5.41, 5.74) is 0. The molecule has 6 nitrogen and oxygen atoms in total. The maximum atomic E-state index is 12.1. The van der Waals surface area contributed by atoms with E-state index in [1.54, 1.807) is 24.5 Å². The van der Waals surface area contributed by atoms with E-state index in [0.29, 0.717) is 25.1 Å². The summed E-state index contributed by atoms with van der Waals surface area (Å²) in [7, 11) is -1.99. The number of methoxy groups -OCH3 is 1. The summed E-state index contributed by atoms with van der Waals surface area (Å²) >= 11 is 0. The van der Waals surface area contributed by atoms with Crippen LogP contribution in [-0.2, 0) is 16.4 Å². The normalized spacial score (nSPS) is 11.4. The van der Waals surface area contributed by atoms with Crippen molar-refractivity contribution in [3.8, 4) is 5.75 Å². The van der Waals surface area contributed by atoms with Crippen LogP contribution in [0.5, 0.6) is 5.75 Å². The Hall–Kier alpha value is -1.86. The molecule has 2 N–H and O–H groups in total. The Morgan fingerprint density at radius 3 is 2.95 bits per heavy atom. The molecule has 108 valence electrons. The van der Waals surface area contributed by atoms with E-state index in [4.69, 9.17) is 4.74 Å². The zero-order chi connectivity index (χ0) is 14.4. The van der Waals surface area contributed by atoms with Gasteiger partial charge in [0, 0.05) is 31.4 Å². The van der Waals surface area contributed by atoms with E-state index in [0.717, 1.165) is 5.82 Å². The third-order valence-electron chi connectivity index (χ3n) is 2.79. The zero-order valence-electron chi connectivity index (χ0n) is 11.2.